The molecule has 1 saturated heterocycles. The van der Waals surface area contributed by atoms with Gasteiger partial charge in [-0.1, -0.05) is 0 Å². The highest BCUT2D eigenvalue weighted by Gasteiger charge is 2.25. The van der Waals surface area contributed by atoms with E-state index in [0.29, 0.717) is 25.3 Å². The predicted molar refractivity (Wildman–Crippen MR) is 66.3 cm³/mol. The number of aromatic nitrogens is 2. The van der Waals surface area contributed by atoms with Gasteiger partial charge in [-0.3, -0.25) is 4.79 Å². The Bertz CT molecular complexity index is 462. The molecule has 0 saturated carbocycles. The fourth-order valence-corrected chi connectivity index (χ4v) is 2.08. The predicted octanol–water partition coefficient (Wildman–Crippen LogP) is 0.569. The second-order valence-corrected chi connectivity index (χ2v) is 5.49. The van der Waals surface area contributed by atoms with Crippen LogP contribution < -0.4 is 10.5 Å². The van der Waals surface area contributed by atoms with Crippen molar-refractivity contribution in [3.8, 4) is 0 Å². The highest BCUT2D eigenvalue weighted by Crippen LogP contribution is 2.16. The van der Waals surface area contributed by atoms with Gasteiger partial charge in [0.2, 0.25) is 0 Å². The lowest BCUT2D eigenvalue weighted by Crippen LogP contribution is -2.38. The maximum Gasteiger partial charge on any atom is 0.293 e. The average molecular weight is 237 g/mol. The van der Waals surface area contributed by atoms with E-state index in [4.69, 9.17) is 0 Å². The van der Waals surface area contributed by atoms with E-state index >= 15 is 0 Å². The summed E-state index contributed by atoms with van der Waals surface area (Å²) in [5, 5.41) is 9.50. The molecule has 0 unspecified atom stereocenters. The molecule has 1 aliphatic rings. The Morgan fingerprint density at radius 3 is 2.71 bits per heavy atom. The number of rotatable bonds is 1. The zero-order valence-electron chi connectivity index (χ0n) is 10.6. The molecule has 5 heteroatoms. The van der Waals surface area contributed by atoms with E-state index in [1.165, 1.54) is 0 Å². The van der Waals surface area contributed by atoms with E-state index < -0.39 is 0 Å². The molecule has 2 heterocycles. The Kier molecular flexibility index (Phi) is 2.95. The molecule has 0 bridgehead atoms. The molecule has 0 aromatic carbocycles. The molecule has 2 rings (SSSR count). The van der Waals surface area contributed by atoms with Gasteiger partial charge in [0.25, 0.3) is 5.56 Å². The van der Waals surface area contributed by atoms with Gasteiger partial charge in [0.1, 0.15) is 0 Å². The first kappa shape index (κ1) is 12.1. The minimum Gasteiger partial charge on any atom is -0.391 e. The highest BCUT2D eigenvalue weighted by atomic mass is 16.3. The monoisotopic (exact) mass is 237 g/mol. The summed E-state index contributed by atoms with van der Waals surface area (Å²) < 4.78 is 1.68. The third-order valence-corrected chi connectivity index (χ3v) is 3.01. The molecule has 0 aliphatic carbocycles. The summed E-state index contributed by atoms with van der Waals surface area (Å²) in [6, 6.07) is 0. The molecule has 5 nitrogen and oxygen atoms in total. The van der Waals surface area contributed by atoms with Crippen molar-refractivity contribution in [1.82, 2.24) is 9.55 Å². The normalized spacial score (nSPS) is 20.9. The molecule has 17 heavy (non-hydrogen) atoms. The molecule has 0 spiro atoms. The van der Waals surface area contributed by atoms with Gasteiger partial charge in [-0.05, 0) is 27.2 Å². The number of hydrogen-bond acceptors (Lipinski definition) is 4. The second kappa shape index (κ2) is 4.14. The van der Waals surface area contributed by atoms with Crippen molar-refractivity contribution in [3.05, 3.63) is 22.7 Å². The molecule has 94 valence electrons. The molecular formula is C12H19N3O2. The molecule has 1 aromatic heterocycles. The number of β-amino-alcohol motifs (C(OH)–C–C–N with tert-alkyl or cyclic N) is 1. The Morgan fingerprint density at radius 2 is 2.18 bits per heavy atom. The van der Waals surface area contributed by atoms with Crippen LogP contribution in [0.1, 0.15) is 27.2 Å². The molecule has 1 atom stereocenters. The van der Waals surface area contributed by atoms with Crippen LogP contribution in [-0.4, -0.2) is 33.9 Å². The summed E-state index contributed by atoms with van der Waals surface area (Å²) in [5.41, 5.74) is -0.346. The minimum atomic E-state index is -0.348. The van der Waals surface area contributed by atoms with E-state index in [1.807, 2.05) is 25.7 Å². The van der Waals surface area contributed by atoms with Gasteiger partial charge >= 0.3 is 0 Å². The standard InChI is InChI=1S/C12H19N3O2/c1-12(2,3)15-7-5-13-10(11(15)17)14-6-4-9(16)8-14/h5,7,9,16H,4,6,8H2,1-3H3/t9-/m0/s1. The van der Waals surface area contributed by atoms with Gasteiger partial charge in [0.15, 0.2) is 5.82 Å². The first-order valence-electron chi connectivity index (χ1n) is 5.91. The SMILES string of the molecule is CC(C)(C)n1ccnc(N2CC[C@H](O)C2)c1=O. The molecular weight excluding hydrogens is 218 g/mol. The molecule has 0 amide bonds. The van der Waals surface area contributed by atoms with Crippen LogP contribution >= 0.6 is 0 Å². The third kappa shape index (κ3) is 2.34. The molecule has 1 fully saturated rings. The molecule has 1 N–H and O–H groups in total. The van der Waals surface area contributed by atoms with Crippen molar-refractivity contribution in [2.45, 2.75) is 38.8 Å². The smallest absolute Gasteiger partial charge is 0.293 e. The summed E-state index contributed by atoms with van der Waals surface area (Å²) in [6.45, 7) is 7.14. The Labute approximate surface area is 101 Å². The third-order valence-electron chi connectivity index (χ3n) is 3.01. The number of anilines is 1. The zero-order valence-corrected chi connectivity index (χ0v) is 10.6. The Balaban J connectivity index is 2.40. The van der Waals surface area contributed by atoms with Crippen LogP contribution in [0.3, 0.4) is 0 Å². The van der Waals surface area contributed by atoms with Crippen molar-refractivity contribution in [1.29, 1.82) is 0 Å². The number of aliphatic hydroxyl groups excluding tert-OH is 1. The van der Waals surface area contributed by atoms with Crippen molar-refractivity contribution in [2.24, 2.45) is 0 Å². The summed E-state index contributed by atoms with van der Waals surface area (Å²) in [5.74, 6) is 0.443. The summed E-state index contributed by atoms with van der Waals surface area (Å²) in [4.78, 5) is 18.3. The summed E-state index contributed by atoms with van der Waals surface area (Å²) in [7, 11) is 0. The zero-order chi connectivity index (χ0) is 12.6. The second-order valence-electron chi connectivity index (χ2n) is 5.49. The number of nitrogens with zero attached hydrogens (tertiary/aromatic N) is 3. The van der Waals surface area contributed by atoms with Crippen LogP contribution in [0.15, 0.2) is 17.2 Å². The van der Waals surface area contributed by atoms with Crippen LogP contribution in [0.25, 0.3) is 0 Å². The lowest BCUT2D eigenvalue weighted by atomic mass is 10.1. The van der Waals surface area contributed by atoms with Gasteiger partial charge in [0, 0.05) is 31.0 Å². The fourth-order valence-electron chi connectivity index (χ4n) is 2.08. The van der Waals surface area contributed by atoms with Crippen molar-refractivity contribution in [3.63, 3.8) is 0 Å². The first-order chi connectivity index (χ1) is 7.89. The van der Waals surface area contributed by atoms with Crippen LogP contribution in [0.5, 0.6) is 0 Å². The van der Waals surface area contributed by atoms with Gasteiger partial charge in [-0.25, -0.2) is 4.98 Å². The molecule has 0 radical (unpaired) electrons. The fraction of sp³-hybridized carbons (Fsp3) is 0.667. The van der Waals surface area contributed by atoms with E-state index in [2.05, 4.69) is 4.98 Å². The lowest BCUT2D eigenvalue weighted by Gasteiger charge is -2.24. The molecule has 1 aromatic rings. The Morgan fingerprint density at radius 1 is 1.47 bits per heavy atom. The van der Waals surface area contributed by atoms with E-state index in [-0.39, 0.29) is 17.2 Å². The topological polar surface area (TPSA) is 58.4 Å². The van der Waals surface area contributed by atoms with Crippen LogP contribution in [0, 0.1) is 0 Å². The number of aliphatic hydroxyl groups is 1. The van der Waals surface area contributed by atoms with Crippen LogP contribution in [0.2, 0.25) is 0 Å². The molecule has 1 aliphatic heterocycles. The maximum absolute atomic E-state index is 12.3. The van der Waals surface area contributed by atoms with Gasteiger partial charge < -0.3 is 14.6 Å². The highest BCUT2D eigenvalue weighted by molar-refractivity contribution is 5.37. The minimum absolute atomic E-state index is 0.0888. The van der Waals surface area contributed by atoms with Gasteiger partial charge in [-0.2, -0.15) is 0 Å². The van der Waals surface area contributed by atoms with Crippen molar-refractivity contribution < 1.29 is 5.11 Å². The van der Waals surface area contributed by atoms with E-state index in [1.54, 1.807) is 17.0 Å². The summed E-state index contributed by atoms with van der Waals surface area (Å²) >= 11 is 0. The summed E-state index contributed by atoms with van der Waals surface area (Å²) in [6.07, 6.45) is 3.70. The average Bonchev–Trinajstić information content (AvgIpc) is 2.63. The van der Waals surface area contributed by atoms with Crippen molar-refractivity contribution in [2.75, 3.05) is 18.0 Å². The van der Waals surface area contributed by atoms with Crippen LogP contribution in [0.4, 0.5) is 5.82 Å². The van der Waals surface area contributed by atoms with Gasteiger partial charge in [-0.15, -0.1) is 0 Å². The Hall–Kier alpha value is -1.36. The largest absolute Gasteiger partial charge is 0.391 e. The maximum atomic E-state index is 12.3. The van der Waals surface area contributed by atoms with Crippen LogP contribution in [-0.2, 0) is 5.54 Å². The van der Waals surface area contributed by atoms with Gasteiger partial charge in [0.05, 0.1) is 6.10 Å². The van der Waals surface area contributed by atoms with E-state index in [9.17, 15) is 9.90 Å². The first-order valence-corrected chi connectivity index (χ1v) is 5.91. The lowest BCUT2D eigenvalue weighted by molar-refractivity contribution is 0.198. The quantitative estimate of drug-likeness (QED) is 0.775. The van der Waals surface area contributed by atoms with E-state index in [0.717, 1.165) is 0 Å². The number of hydrogen-bond donors (Lipinski definition) is 1. The van der Waals surface area contributed by atoms with Crippen molar-refractivity contribution >= 4 is 5.82 Å².